The highest BCUT2D eigenvalue weighted by atomic mass is 31.2. The number of rotatable bonds is 47. The van der Waals surface area contributed by atoms with Gasteiger partial charge in [0.15, 0.2) is 0 Å². The Kier molecular flexibility index (Phi) is 42.3. The Morgan fingerprint density at radius 1 is 0.578 bits per heavy atom. The maximum absolute atomic E-state index is 13.8. The zero-order valence-electron chi connectivity index (χ0n) is 42.4. The Labute approximate surface area is 393 Å². The second kappa shape index (κ2) is 43.6. The summed E-state index contributed by atoms with van der Waals surface area (Å²) in [5, 5.41) is 5.90. The lowest BCUT2D eigenvalue weighted by Gasteiger charge is -2.25. The quantitative estimate of drug-likeness (QED) is 0.0264. The van der Waals surface area contributed by atoms with Crippen molar-refractivity contribution in [3.8, 4) is 0 Å². The molecule has 0 fully saturated rings. The van der Waals surface area contributed by atoms with E-state index in [1.165, 1.54) is 147 Å². The van der Waals surface area contributed by atoms with Crippen LogP contribution in [0.1, 0.15) is 260 Å². The van der Waals surface area contributed by atoms with Crippen LogP contribution in [-0.2, 0) is 37.2 Å². The van der Waals surface area contributed by atoms with Crippen LogP contribution in [0.4, 0.5) is 4.79 Å². The van der Waals surface area contributed by atoms with Gasteiger partial charge in [-0.2, -0.15) is 0 Å². The number of phosphoric acid groups is 1. The van der Waals surface area contributed by atoms with Gasteiger partial charge >= 0.3 is 19.9 Å². The zero-order chi connectivity index (χ0) is 47.4. The molecule has 11 nitrogen and oxygen atoms in total. The van der Waals surface area contributed by atoms with Gasteiger partial charge in [0.25, 0.3) is 0 Å². The van der Waals surface area contributed by atoms with E-state index in [-0.39, 0.29) is 44.3 Å². The minimum absolute atomic E-state index is 0.0102. The highest BCUT2D eigenvalue weighted by Gasteiger charge is 2.30. The number of esters is 1. The molecule has 2 amide bonds. The third-order valence-corrected chi connectivity index (χ3v) is 12.9. The number of unbranched alkanes of at least 4 members (excludes halogenated alkanes) is 26. The molecule has 12 heteroatoms. The summed E-state index contributed by atoms with van der Waals surface area (Å²) in [6.07, 6.45) is 37.6. The summed E-state index contributed by atoms with van der Waals surface area (Å²) < 4.78 is 42.0. The smallest absolute Gasteiger partial charge is 0.460 e. The number of phosphoric ester groups is 1. The first-order valence-electron chi connectivity index (χ1n) is 26.5. The van der Waals surface area contributed by atoms with E-state index in [0.29, 0.717) is 25.7 Å². The van der Waals surface area contributed by atoms with Crippen molar-refractivity contribution in [3.05, 3.63) is 12.7 Å². The molecule has 3 atom stereocenters. The summed E-state index contributed by atoms with van der Waals surface area (Å²) >= 11 is 0. The average molecular weight is 929 g/mol. The third kappa shape index (κ3) is 42.7. The van der Waals surface area contributed by atoms with Gasteiger partial charge in [-0.25, -0.2) is 9.36 Å². The van der Waals surface area contributed by atoms with E-state index < -0.39 is 25.6 Å². The molecule has 0 aromatic rings. The standard InChI is InChI=1S/C52H101N2O9P/c1-8-12-15-18-21-23-25-27-30-33-36-39-49(55)54-47(38-35-32-29-20-17-14-10-3)41-42-48(62-50(56)40-37-34-31-28-26-24-22-19-16-13-9-2)46-61-64(58,59-44-11-4)60-45-43-53-51(57)63-52(5,6)7/h11,47-48H,4,8-10,12-46H2,1-3,5-7H3,(H,53,57)(H,54,55)/t47?,48-,64?/m0/s1. The largest absolute Gasteiger partial charge is 0.475 e. The number of carbonyl (C=O) groups excluding carboxylic acids is 3. The lowest BCUT2D eigenvalue weighted by molar-refractivity contribution is -0.151. The molecule has 0 aliphatic carbocycles. The summed E-state index contributed by atoms with van der Waals surface area (Å²) in [6, 6.07) is -0.0808. The van der Waals surface area contributed by atoms with Crippen molar-refractivity contribution in [1.82, 2.24) is 10.6 Å². The fraction of sp³-hybridized carbons (Fsp3) is 0.904. The molecule has 0 spiro atoms. The Hall–Kier alpha value is -1.94. The highest BCUT2D eigenvalue weighted by molar-refractivity contribution is 7.48. The van der Waals surface area contributed by atoms with Crippen molar-refractivity contribution in [2.75, 3.05) is 26.4 Å². The number of carbonyl (C=O) groups is 3. The summed E-state index contributed by atoms with van der Waals surface area (Å²) in [4.78, 5) is 38.7. The van der Waals surface area contributed by atoms with Gasteiger partial charge in [0.1, 0.15) is 11.7 Å². The molecule has 64 heavy (non-hydrogen) atoms. The normalized spacial score (nSPS) is 13.5. The van der Waals surface area contributed by atoms with Crippen molar-refractivity contribution in [1.29, 1.82) is 0 Å². The van der Waals surface area contributed by atoms with E-state index in [1.807, 2.05) is 0 Å². The Morgan fingerprint density at radius 3 is 1.50 bits per heavy atom. The van der Waals surface area contributed by atoms with Crippen LogP contribution in [0.15, 0.2) is 12.7 Å². The molecule has 0 aromatic carbocycles. The number of hydrogen-bond acceptors (Lipinski definition) is 9. The van der Waals surface area contributed by atoms with Gasteiger partial charge in [-0.15, -0.1) is 6.58 Å². The SMILES string of the molecule is C=CCOP(=O)(OCCNC(=O)OC(C)(C)C)OC[C@H](CCC(CCCCCCCCC)NC(=O)CCCCCCCCCCCCC)OC(=O)CCCCCCCCCCCCC. The van der Waals surface area contributed by atoms with Crippen LogP contribution in [0.25, 0.3) is 0 Å². The lowest BCUT2D eigenvalue weighted by atomic mass is 10.00. The second-order valence-corrected chi connectivity index (χ2v) is 20.7. The predicted molar refractivity (Wildman–Crippen MR) is 266 cm³/mol. The van der Waals surface area contributed by atoms with Crippen molar-refractivity contribution in [3.63, 3.8) is 0 Å². The van der Waals surface area contributed by atoms with Gasteiger partial charge in [-0.05, 0) is 52.9 Å². The van der Waals surface area contributed by atoms with Gasteiger partial charge < -0.3 is 20.1 Å². The topological polar surface area (TPSA) is 138 Å². The number of hydrogen-bond donors (Lipinski definition) is 2. The first-order valence-corrected chi connectivity index (χ1v) is 27.9. The lowest BCUT2D eigenvalue weighted by Crippen LogP contribution is -2.36. The monoisotopic (exact) mass is 929 g/mol. The highest BCUT2D eigenvalue weighted by Crippen LogP contribution is 2.49. The molecular formula is C52H101N2O9P. The molecule has 0 heterocycles. The summed E-state index contributed by atoms with van der Waals surface area (Å²) in [5.41, 5.74) is -0.668. The van der Waals surface area contributed by atoms with Crippen molar-refractivity contribution in [2.45, 2.75) is 278 Å². The number of ether oxygens (including phenoxy) is 2. The molecule has 2 N–H and O–H groups in total. The fourth-order valence-electron chi connectivity index (χ4n) is 7.68. The molecule has 0 aliphatic rings. The summed E-state index contributed by atoms with van der Waals surface area (Å²) in [7, 11) is -4.14. The second-order valence-electron chi connectivity index (χ2n) is 19.0. The van der Waals surface area contributed by atoms with E-state index >= 15 is 0 Å². The van der Waals surface area contributed by atoms with Crippen molar-refractivity contribution in [2.24, 2.45) is 0 Å². The van der Waals surface area contributed by atoms with Gasteiger partial charge in [0, 0.05) is 25.4 Å². The molecule has 2 unspecified atom stereocenters. The molecule has 0 saturated carbocycles. The molecule has 0 bridgehead atoms. The molecule has 0 radical (unpaired) electrons. The van der Waals surface area contributed by atoms with Crippen LogP contribution in [0, 0.1) is 0 Å². The van der Waals surface area contributed by atoms with Gasteiger partial charge in [0.05, 0.1) is 19.8 Å². The van der Waals surface area contributed by atoms with Crippen LogP contribution in [0.2, 0.25) is 0 Å². The summed E-state index contributed by atoms with van der Waals surface area (Å²) in [5.74, 6) is -0.251. The molecule has 0 saturated heterocycles. The number of amides is 2. The zero-order valence-corrected chi connectivity index (χ0v) is 43.3. The minimum Gasteiger partial charge on any atom is -0.460 e. The first-order chi connectivity index (χ1) is 30.9. The maximum Gasteiger partial charge on any atom is 0.475 e. The van der Waals surface area contributed by atoms with E-state index in [9.17, 15) is 18.9 Å². The molecule has 0 aromatic heterocycles. The van der Waals surface area contributed by atoms with Crippen molar-refractivity contribution >= 4 is 25.8 Å². The predicted octanol–water partition coefficient (Wildman–Crippen LogP) is 15.6. The van der Waals surface area contributed by atoms with E-state index in [2.05, 4.69) is 38.0 Å². The average Bonchev–Trinajstić information content (AvgIpc) is 3.25. The number of alkyl carbamates (subject to hydrolysis) is 1. The van der Waals surface area contributed by atoms with E-state index in [1.54, 1.807) is 20.8 Å². The Morgan fingerprint density at radius 2 is 1.03 bits per heavy atom. The fourth-order valence-corrected chi connectivity index (χ4v) is 8.86. The Balaban J connectivity index is 5.53. The maximum atomic E-state index is 13.8. The van der Waals surface area contributed by atoms with E-state index in [0.717, 1.165) is 51.4 Å². The summed E-state index contributed by atoms with van der Waals surface area (Å²) in [6.45, 7) is 15.2. The molecule has 0 rings (SSSR count). The van der Waals surface area contributed by atoms with Crippen LogP contribution < -0.4 is 10.6 Å². The van der Waals surface area contributed by atoms with Crippen LogP contribution >= 0.6 is 7.82 Å². The van der Waals surface area contributed by atoms with Gasteiger partial charge in [0.2, 0.25) is 5.91 Å². The van der Waals surface area contributed by atoms with E-state index in [4.69, 9.17) is 23.0 Å². The van der Waals surface area contributed by atoms with Gasteiger partial charge in [-0.3, -0.25) is 23.2 Å². The van der Waals surface area contributed by atoms with Crippen LogP contribution in [0.5, 0.6) is 0 Å². The molecule has 378 valence electrons. The minimum atomic E-state index is -4.14. The van der Waals surface area contributed by atoms with Crippen LogP contribution in [0.3, 0.4) is 0 Å². The van der Waals surface area contributed by atoms with Crippen LogP contribution in [-0.4, -0.2) is 62.1 Å². The first kappa shape index (κ1) is 62.1. The molecule has 0 aliphatic heterocycles. The third-order valence-electron chi connectivity index (χ3n) is 11.4. The van der Waals surface area contributed by atoms with Gasteiger partial charge in [-0.1, -0.05) is 200 Å². The van der Waals surface area contributed by atoms with Crippen molar-refractivity contribution < 1.29 is 42.0 Å². The number of nitrogens with one attached hydrogen (secondary N) is 2. The molecular weight excluding hydrogens is 828 g/mol. The Bertz CT molecular complexity index is 1160.